The number of carbonyl (C=O) groups excluding carboxylic acids is 1. The van der Waals surface area contributed by atoms with Gasteiger partial charge in [-0.1, -0.05) is 30.3 Å². The van der Waals surface area contributed by atoms with Crippen molar-refractivity contribution in [1.29, 1.82) is 0 Å². The van der Waals surface area contributed by atoms with E-state index in [4.69, 9.17) is 0 Å². The van der Waals surface area contributed by atoms with Crippen molar-refractivity contribution in [2.75, 3.05) is 20.1 Å². The lowest BCUT2D eigenvalue weighted by molar-refractivity contribution is -0.132. The Morgan fingerprint density at radius 1 is 1.35 bits per heavy atom. The lowest BCUT2D eigenvalue weighted by atomic mass is 10.1. The summed E-state index contributed by atoms with van der Waals surface area (Å²) < 4.78 is 0. The van der Waals surface area contributed by atoms with Crippen LogP contribution >= 0.6 is 0 Å². The van der Waals surface area contributed by atoms with Crippen molar-refractivity contribution in [3.63, 3.8) is 0 Å². The summed E-state index contributed by atoms with van der Waals surface area (Å²) in [5, 5.41) is 3.19. The Balaban J connectivity index is 1.69. The number of likely N-dealkylation sites (N-methyl/N-ethyl adjacent to an activating group) is 1. The van der Waals surface area contributed by atoms with Gasteiger partial charge in [0.2, 0.25) is 5.91 Å². The molecule has 0 atom stereocenters. The van der Waals surface area contributed by atoms with Crippen LogP contribution in [0.15, 0.2) is 30.3 Å². The van der Waals surface area contributed by atoms with Gasteiger partial charge in [0.1, 0.15) is 0 Å². The molecule has 92 valence electrons. The van der Waals surface area contributed by atoms with Crippen molar-refractivity contribution in [3.05, 3.63) is 35.9 Å². The molecule has 17 heavy (non-hydrogen) atoms. The van der Waals surface area contributed by atoms with Crippen LogP contribution in [0.25, 0.3) is 0 Å². The Morgan fingerprint density at radius 3 is 2.65 bits per heavy atom. The van der Waals surface area contributed by atoms with Gasteiger partial charge >= 0.3 is 0 Å². The summed E-state index contributed by atoms with van der Waals surface area (Å²) in [6.45, 7) is 1.89. The van der Waals surface area contributed by atoms with Gasteiger partial charge in [0.05, 0.1) is 6.04 Å². The first-order valence-electron chi connectivity index (χ1n) is 6.27. The molecule has 0 saturated carbocycles. The van der Waals surface area contributed by atoms with Crippen LogP contribution in [-0.4, -0.2) is 37.0 Å². The zero-order valence-electron chi connectivity index (χ0n) is 10.4. The third-order valence-corrected chi connectivity index (χ3v) is 3.40. The highest BCUT2D eigenvalue weighted by molar-refractivity contribution is 5.76. The molecular weight excluding hydrogens is 212 g/mol. The molecule has 1 aromatic rings. The molecule has 1 fully saturated rings. The average molecular weight is 232 g/mol. The van der Waals surface area contributed by atoms with E-state index in [1.54, 1.807) is 0 Å². The molecule has 0 radical (unpaired) electrons. The van der Waals surface area contributed by atoms with Crippen LogP contribution in [0.2, 0.25) is 0 Å². The fraction of sp³-hybridized carbons (Fsp3) is 0.500. The molecular formula is C14H20N2O. The molecule has 0 bridgehead atoms. The summed E-state index contributed by atoms with van der Waals surface area (Å²) in [5.41, 5.74) is 1.31. The second-order valence-electron chi connectivity index (χ2n) is 4.66. The topological polar surface area (TPSA) is 32.3 Å². The van der Waals surface area contributed by atoms with Crippen molar-refractivity contribution in [3.8, 4) is 0 Å². The first-order chi connectivity index (χ1) is 8.27. The minimum atomic E-state index is 0.271. The Kier molecular flexibility index (Phi) is 4.15. The van der Waals surface area contributed by atoms with E-state index in [1.165, 1.54) is 5.56 Å². The minimum absolute atomic E-state index is 0.271. The Morgan fingerprint density at radius 2 is 2.06 bits per heavy atom. The molecule has 3 nitrogen and oxygen atoms in total. The summed E-state index contributed by atoms with van der Waals surface area (Å²) in [6.07, 6.45) is 2.58. The van der Waals surface area contributed by atoms with Gasteiger partial charge in [-0.15, -0.1) is 0 Å². The molecule has 2 rings (SSSR count). The molecule has 1 amide bonds. The first kappa shape index (κ1) is 12.1. The highest BCUT2D eigenvalue weighted by atomic mass is 16.2. The largest absolute Gasteiger partial charge is 0.340 e. The number of rotatable bonds is 5. The summed E-state index contributed by atoms with van der Waals surface area (Å²) >= 11 is 0. The van der Waals surface area contributed by atoms with Crippen LogP contribution < -0.4 is 5.32 Å². The number of amides is 1. The number of benzene rings is 1. The summed E-state index contributed by atoms with van der Waals surface area (Å²) in [6, 6.07) is 10.8. The highest BCUT2D eigenvalue weighted by Crippen LogP contribution is 2.08. The lowest BCUT2D eigenvalue weighted by Gasteiger charge is -2.35. The van der Waals surface area contributed by atoms with Gasteiger partial charge in [-0.2, -0.15) is 0 Å². The molecule has 1 aromatic carbocycles. The predicted octanol–water partition coefficient (Wildman–Crippen LogP) is 1.44. The summed E-state index contributed by atoms with van der Waals surface area (Å²) in [5.74, 6) is 0.271. The molecule has 1 N–H and O–H groups in total. The van der Waals surface area contributed by atoms with E-state index in [2.05, 4.69) is 17.4 Å². The summed E-state index contributed by atoms with van der Waals surface area (Å²) in [7, 11) is 1.91. The maximum atomic E-state index is 11.9. The molecule has 3 heteroatoms. The Hall–Kier alpha value is -1.35. The Labute approximate surface area is 103 Å². The van der Waals surface area contributed by atoms with Gasteiger partial charge in [-0.3, -0.25) is 4.79 Å². The van der Waals surface area contributed by atoms with Crippen LogP contribution in [0.4, 0.5) is 0 Å². The SMILES string of the molecule is CN(C(=O)CCCc1ccccc1)C1CNC1. The molecule has 0 unspecified atom stereocenters. The lowest BCUT2D eigenvalue weighted by Crippen LogP contribution is -2.57. The van der Waals surface area contributed by atoms with Crippen LogP contribution in [0, 0.1) is 0 Å². The van der Waals surface area contributed by atoms with Gasteiger partial charge in [0.25, 0.3) is 0 Å². The maximum Gasteiger partial charge on any atom is 0.222 e. The zero-order valence-corrected chi connectivity index (χ0v) is 10.4. The second kappa shape index (κ2) is 5.82. The molecule has 0 aromatic heterocycles. The van der Waals surface area contributed by atoms with Gasteiger partial charge in [0, 0.05) is 26.6 Å². The van der Waals surface area contributed by atoms with Gasteiger partial charge < -0.3 is 10.2 Å². The fourth-order valence-electron chi connectivity index (χ4n) is 2.02. The van der Waals surface area contributed by atoms with Crippen molar-refractivity contribution in [1.82, 2.24) is 10.2 Å². The normalized spacial score (nSPS) is 15.4. The minimum Gasteiger partial charge on any atom is -0.340 e. The predicted molar refractivity (Wildman–Crippen MR) is 68.8 cm³/mol. The quantitative estimate of drug-likeness (QED) is 0.833. The van der Waals surface area contributed by atoms with Gasteiger partial charge in [0.15, 0.2) is 0 Å². The van der Waals surface area contributed by atoms with E-state index in [0.29, 0.717) is 12.5 Å². The number of nitrogens with one attached hydrogen (secondary N) is 1. The van der Waals surface area contributed by atoms with E-state index in [9.17, 15) is 4.79 Å². The van der Waals surface area contributed by atoms with Crippen molar-refractivity contribution in [2.24, 2.45) is 0 Å². The monoisotopic (exact) mass is 232 g/mol. The highest BCUT2D eigenvalue weighted by Gasteiger charge is 2.24. The number of aryl methyl sites for hydroxylation is 1. The van der Waals surface area contributed by atoms with E-state index >= 15 is 0 Å². The first-order valence-corrected chi connectivity index (χ1v) is 6.27. The molecule has 0 aliphatic carbocycles. The average Bonchev–Trinajstić information content (AvgIpc) is 2.28. The van der Waals surface area contributed by atoms with E-state index in [0.717, 1.165) is 25.9 Å². The van der Waals surface area contributed by atoms with E-state index in [-0.39, 0.29) is 5.91 Å². The molecule has 1 aliphatic heterocycles. The van der Waals surface area contributed by atoms with Crippen LogP contribution in [-0.2, 0) is 11.2 Å². The fourth-order valence-corrected chi connectivity index (χ4v) is 2.02. The number of nitrogens with zero attached hydrogens (tertiary/aromatic N) is 1. The van der Waals surface area contributed by atoms with Gasteiger partial charge in [-0.05, 0) is 18.4 Å². The van der Waals surface area contributed by atoms with Crippen LogP contribution in [0.1, 0.15) is 18.4 Å². The molecule has 0 spiro atoms. The third-order valence-electron chi connectivity index (χ3n) is 3.40. The van der Waals surface area contributed by atoms with Gasteiger partial charge in [-0.25, -0.2) is 0 Å². The van der Waals surface area contributed by atoms with Crippen LogP contribution in [0.5, 0.6) is 0 Å². The molecule has 1 heterocycles. The Bertz CT molecular complexity index is 360. The van der Waals surface area contributed by atoms with Crippen molar-refractivity contribution >= 4 is 5.91 Å². The smallest absolute Gasteiger partial charge is 0.222 e. The zero-order chi connectivity index (χ0) is 12.1. The van der Waals surface area contributed by atoms with Crippen molar-refractivity contribution < 1.29 is 4.79 Å². The van der Waals surface area contributed by atoms with E-state index in [1.807, 2.05) is 30.1 Å². The maximum absolute atomic E-state index is 11.9. The molecule has 1 aliphatic rings. The number of carbonyl (C=O) groups is 1. The number of hydrogen-bond donors (Lipinski definition) is 1. The van der Waals surface area contributed by atoms with E-state index < -0.39 is 0 Å². The third kappa shape index (κ3) is 3.30. The number of hydrogen-bond acceptors (Lipinski definition) is 2. The standard InChI is InChI=1S/C14H20N2O/c1-16(13-10-15-11-13)14(17)9-5-8-12-6-3-2-4-7-12/h2-4,6-7,13,15H,5,8-11H2,1H3. The molecule has 1 saturated heterocycles. The summed E-state index contributed by atoms with van der Waals surface area (Å²) in [4.78, 5) is 13.8. The van der Waals surface area contributed by atoms with Crippen molar-refractivity contribution in [2.45, 2.75) is 25.3 Å². The second-order valence-corrected chi connectivity index (χ2v) is 4.66. The van der Waals surface area contributed by atoms with Crippen LogP contribution in [0.3, 0.4) is 0 Å².